The normalized spacial score (nSPS) is 10.5. The van der Waals surface area contributed by atoms with E-state index in [0.29, 0.717) is 15.7 Å². The quantitative estimate of drug-likeness (QED) is 0.604. The molecule has 2 aromatic carbocycles. The van der Waals surface area contributed by atoms with Gasteiger partial charge in [-0.15, -0.1) is 0 Å². The van der Waals surface area contributed by atoms with Crippen LogP contribution in [0.25, 0.3) is 0 Å². The first-order valence-corrected chi connectivity index (χ1v) is 9.00. The van der Waals surface area contributed by atoms with Gasteiger partial charge in [-0.1, -0.05) is 45.0 Å². The minimum atomic E-state index is -0.149. The van der Waals surface area contributed by atoms with Crippen molar-refractivity contribution < 1.29 is 4.79 Å². The Morgan fingerprint density at radius 2 is 1.62 bits per heavy atom. The molecule has 2 N–H and O–H groups in total. The average molecular weight is 402 g/mol. The van der Waals surface area contributed by atoms with Crippen LogP contribution in [0, 0.1) is 13.8 Å². The number of nitrogens with zero attached hydrogens (tertiary/aromatic N) is 1. The number of carbonyl (C=O) groups excluding carboxylic acids is 1. The predicted octanol–water partition coefficient (Wildman–Crippen LogP) is 5.52. The van der Waals surface area contributed by atoms with E-state index in [4.69, 9.17) is 0 Å². The second-order valence-corrected chi connectivity index (χ2v) is 7.30. The summed E-state index contributed by atoms with van der Waals surface area (Å²) in [5.41, 5.74) is 3.62. The van der Waals surface area contributed by atoms with Crippen molar-refractivity contribution in [2.24, 2.45) is 0 Å². The molecule has 4 nitrogen and oxygen atoms in total. The van der Waals surface area contributed by atoms with Gasteiger partial charge in [0.2, 0.25) is 0 Å². The molecule has 0 aliphatic heterocycles. The van der Waals surface area contributed by atoms with Crippen molar-refractivity contribution in [1.82, 2.24) is 4.98 Å². The maximum absolute atomic E-state index is 12.5. The average Bonchev–Trinajstić information content (AvgIpc) is 2.92. The van der Waals surface area contributed by atoms with Crippen LogP contribution in [0.5, 0.6) is 0 Å². The standard InChI is InChI=1S/C18H16BrN3OS/c1-11-3-7-15(8-4-11)22-18-20-12(2)16(24-18)17(23)21-14-9-5-13(19)6-10-14/h3-10H,1-2H3,(H,20,22)(H,21,23). The third-order valence-electron chi connectivity index (χ3n) is 3.41. The Balaban J connectivity index is 1.74. The van der Waals surface area contributed by atoms with Crippen molar-refractivity contribution in [3.05, 3.63) is 69.1 Å². The minimum absolute atomic E-state index is 0.149. The highest BCUT2D eigenvalue weighted by molar-refractivity contribution is 9.10. The molecule has 1 amide bonds. The highest BCUT2D eigenvalue weighted by atomic mass is 79.9. The molecular weight excluding hydrogens is 386 g/mol. The Morgan fingerprint density at radius 3 is 2.29 bits per heavy atom. The number of aromatic nitrogens is 1. The summed E-state index contributed by atoms with van der Waals surface area (Å²) in [6.07, 6.45) is 0. The van der Waals surface area contributed by atoms with E-state index in [9.17, 15) is 4.79 Å². The molecule has 6 heteroatoms. The van der Waals surface area contributed by atoms with Gasteiger partial charge in [0, 0.05) is 15.8 Å². The number of benzene rings is 2. The van der Waals surface area contributed by atoms with E-state index in [0.717, 1.165) is 15.8 Å². The van der Waals surface area contributed by atoms with Crippen molar-refractivity contribution in [2.75, 3.05) is 10.6 Å². The van der Waals surface area contributed by atoms with Crippen LogP contribution >= 0.6 is 27.3 Å². The molecule has 0 saturated carbocycles. The van der Waals surface area contributed by atoms with Crippen LogP contribution in [-0.2, 0) is 0 Å². The van der Waals surface area contributed by atoms with E-state index < -0.39 is 0 Å². The summed E-state index contributed by atoms with van der Waals surface area (Å²) in [7, 11) is 0. The molecule has 0 spiro atoms. The molecule has 3 rings (SSSR count). The fourth-order valence-corrected chi connectivity index (χ4v) is 3.29. The van der Waals surface area contributed by atoms with Crippen LogP contribution < -0.4 is 10.6 Å². The Morgan fingerprint density at radius 1 is 1.00 bits per heavy atom. The van der Waals surface area contributed by atoms with Crippen molar-refractivity contribution in [2.45, 2.75) is 13.8 Å². The summed E-state index contributed by atoms with van der Waals surface area (Å²) in [5, 5.41) is 6.84. The molecule has 0 saturated heterocycles. The second-order valence-electron chi connectivity index (χ2n) is 5.39. The lowest BCUT2D eigenvalue weighted by Gasteiger charge is -2.04. The molecule has 0 radical (unpaired) electrons. The van der Waals surface area contributed by atoms with E-state index in [1.165, 1.54) is 16.9 Å². The van der Waals surface area contributed by atoms with Gasteiger partial charge in [-0.25, -0.2) is 4.98 Å². The van der Waals surface area contributed by atoms with Crippen LogP contribution in [0.4, 0.5) is 16.5 Å². The van der Waals surface area contributed by atoms with Crippen LogP contribution in [0.2, 0.25) is 0 Å². The third-order valence-corrected chi connectivity index (χ3v) is 5.01. The second kappa shape index (κ2) is 7.15. The largest absolute Gasteiger partial charge is 0.332 e. The molecule has 0 bridgehead atoms. The minimum Gasteiger partial charge on any atom is -0.332 e. The lowest BCUT2D eigenvalue weighted by Crippen LogP contribution is -2.11. The zero-order chi connectivity index (χ0) is 17.1. The zero-order valence-electron chi connectivity index (χ0n) is 13.3. The van der Waals surface area contributed by atoms with Crippen molar-refractivity contribution in [3.8, 4) is 0 Å². The van der Waals surface area contributed by atoms with Crippen LogP contribution in [0.3, 0.4) is 0 Å². The molecule has 0 fully saturated rings. The van der Waals surface area contributed by atoms with E-state index in [1.807, 2.05) is 62.4 Å². The summed E-state index contributed by atoms with van der Waals surface area (Å²) in [6, 6.07) is 15.5. The number of aryl methyl sites for hydroxylation is 2. The Bertz CT molecular complexity index is 857. The van der Waals surface area contributed by atoms with Crippen LogP contribution in [-0.4, -0.2) is 10.9 Å². The van der Waals surface area contributed by atoms with Gasteiger partial charge in [-0.3, -0.25) is 4.79 Å². The first-order valence-electron chi connectivity index (χ1n) is 7.39. The molecule has 24 heavy (non-hydrogen) atoms. The fourth-order valence-electron chi connectivity index (χ4n) is 2.14. The van der Waals surface area contributed by atoms with Gasteiger partial charge in [0.1, 0.15) is 4.88 Å². The van der Waals surface area contributed by atoms with Crippen molar-refractivity contribution in [1.29, 1.82) is 0 Å². The van der Waals surface area contributed by atoms with Gasteiger partial charge < -0.3 is 10.6 Å². The molecule has 1 aromatic heterocycles. The summed E-state index contributed by atoms with van der Waals surface area (Å²) in [4.78, 5) is 17.5. The number of carbonyl (C=O) groups is 1. The summed E-state index contributed by atoms with van der Waals surface area (Å²) in [6.45, 7) is 3.88. The maximum Gasteiger partial charge on any atom is 0.267 e. The van der Waals surface area contributed by atoms with Crippen LogP contribution in [0.15, 0.2) is 53.0 Å². The van der Waals surface area contributed by atoms with Crippen LogP contribution in [0.1, 0.15) is 20.9 Å². The number of hydrogen-bond acceptors (Lipinski definition) is 4. The van der Waals surface area contributed by atoms with Gasteiger partial charge in [0.25, 0.3) is 5.91 Å². The van der Waals surface area contributed by atoms with Gasteiger partial charge in [-0.05, 0) is 50.2 Å². The molecule has 0 aliphatic rings. The number of anilines is 3. The van der Waals surface area contributed by atoms with Crippen molar-refractivity contribution in [3.63, 3.8) is 0 Å². The van der Waals surface area contributed by atoms with Crippen molar-refractivity contribution >= 4 is 49.7 Å². The summed E-state index contributed by atoms with van der Waals surface area (Å²) < 4.78 is 0.971. The number of rotatable bonds is 4. The van der Waals surface area contributed by atoms with Gasteiger partial charge in [-0.2, -0.15) is 0 Å². The monoisotopic (exact) mass is 401 g/mol. The molecule has 1 heterocycles. The SMILES string of the molecule is Cc1ccc(Nc2nc(C)c(C(=O)Nc3ccc(Br)cc3)s2)cc1. The number of thiazole rings is 1. The van der Waals surface area contributed by atoms with Gasteiger partial charge in [0.05, 0.1) is 5.69 Å². The fraction of sp³-hybridized carbons (Fsp3) is 0.111. The molecule has 3 aromatic rings. The third kappa shape index (κ3) is 4.01. The lowest BCUT2D eigenvalue weighted by atomic mass is 10.2. The highest BCUT2D eigenvalue weighted by Crippen LogP contribution is 2.27. The molecule has 0 unspecified atom stereocenters. The smallest absolute Gasteiger partial charge is 0.267 e. The van der Waals surface area contributed by atoms with E-state index in [-0.39, 0.29) is 5.91 Å². The first kappa shape index (κ1) is 16.7. The number of hydrogen-bond donors (Lipinski definition) is 2. The molecule has 0 aliphatic carbocycles. The maximum atomic E-state index is 12.5. The first-order chi connectivity index (χ1) is 11.5. The Hall–Kier alpha value is -2.18. The van der Waals surface area contributed by atoms with E-state index in [1.54, 1.807) is 0 Å². The number of nitrogens with one attached hydrogen (secondary N) is 2. The molecular formula is C18H16BrN3OS. The summed E-state index contributed by atoms with van der Waals surface area (Å²) >= 11 is 4.72. The van der Waals surface area contributed by atoms with E-state index in [2.05, 4.69) is 31.5 Å². The lowest BCUT2D eigenvalue weighted by molar-refractivity contribution is 0.103. The van der Waals surface area contributed by atoms with Gasteiger partial charge in [0.15, 0.2) is 5.13 Å². The topological polar surface area (TPSA) is 54.0 Å². The summed E-state index contributed by atoms with van der Waals surface area (Å²) in [5.74, 6) is -0.149. The molecule has 122 valence electrons. The number of halogens is 1. The zero-order valence-corrected chi connectivity index (χ0v) is 15.7. The Kier molecular flexibility index (Phi) is 4.97. The van der Waals surface area contributed by atoms with E-state index >= 15 is 0 Å². The van der Waals surface area contributed by atoms with Gasteiger partial charge >= 0.3 is 0 Å². The highest BCUT2D eigenvalue weighted by Gasteiger charge is 2.15. The molecule has 0 atom stereocenters. The predicted molar refractivity (Wildman–Crippen MR) is 103 cm³/mol. The Labute approximate surface area is 153 Å². The number of amides is 1.